The number of phenolic OH excluding ortho intramolecular Hbond substituents is 1. The highest BCUT2D eigenvalue weighted by Gasteiger charge is 2.42. The molecule has 0 saturated carbocycles. The topological polar surface area (TPSA) is 94.1 Å². The number of ketones is 1. The molecule has 0 fully saturated rings. The van der Waals surface area contributed by atoms with Crippen LogP contribution in [0, 0.1) is 0 Å². The molecule has 1 aliphatic carbocycles. The second-order valence-electron chi connectivity index (χ2n) is 8.96. The first kappa shape index (κ1) is 27.2. The number of dihydropyridines is 1. The van der Waals surface area contributed by atoms with E-state index in [2.05, 4.69) is 21.2 Å². The van der Waals surface area contributed by atoms with Crippen molar-refractivity contribution in [2.24, 2.45) is 0 Å². The zero-order valence-electron chi connectivity index (χ0n) is 20.9. The number of hydrogen-bond acceptors (Lipinski definition) is 7. The molecule has 2 aromatic carbocycles. The Hall–Kier alpha value is -2.81. The summed E-state index contributed by atoms with van der Waals surface area (Å²) in [6.45, 7) is 4.56. The van der Waals surface area contributed by atoms with Crippen molar-refractivity contribution >= 4 is 39.3 Å². The molecule has 2 atom stereocenters. The summed E-state index contributed by atoms with van der Waals surface area (Å²) in [6.07, 6.45) is 0.889. The number of carbonyl (C=O) groups excluding carboxylic acids is 2. The van der Waals surface area contributed by atoms with Crippen molar-refractivity contribution in [3.63, 3.8) is 0 Å². The number of hydrogen-bond donors (Lipinski definition) is 2. The largest absolute Gasteiger partial charge is 0.503 e. The second kappa shape index (κ2) is 11.7. The molecule has 7 nitrogen and oxygen atoms in total. The maximum absolute atomic E-state index is 13.7. The molecule has 1 heterocycles. The summed E-state index contributed by atoms with van der Waals surface area (Å²) in [5.41, 5.74) is 3.90. The highest BCUT2D eigenvalue weighted by Crippen LogP contribution is 2.48. The van der Waals surface area contributed by atoms with Crippen molar-refractivity contribution in [2.45, 2.75) is 38.5 Å². The van der Waals surface area contributed by atoms with Gasteiger partial charge in [-0.1, -0.05) is 23.7 Å². The van der Waals surface area contributed by atoms with Crippen LogP contribution in [0.15, 0.2) is 63.4 Å². The van der Waals surface area contributed by atoms with Crippen LogP contribution >= 0.6 is 27.5 Å². The number of halogens is 2. The van der Waals surface area contributed by atoms with Crippen LogP contribution in [0.2, 0.25) is 5.02 Å². The van der Waals surface area contributed by atoms with Gasteiger partial charge in [-0.3, -0.25) is 4.79 Å². The van der Waals surface area contributed by atoms with Crippen LogP contribution in [0.3, 0.4) is 0 Å². The fourth-order valence-electron chi connectivity index (χ4n) is 4.95. The Balaban J connectivity index is 1.78. The Morgan fingerprint density at radius 2 is 1.89 bits per heavy atom. The Labute approximate surface area is 229 Å². The van der Waals surface area contributed by atoms with Crippen molar-refractivity contribution in [1.82, 2.24) is 5.32 Å². The molecule has 1 aliphatic heterocycles. The third-order valence-electron chi connectivity index (χ3n) is 6.66. The molecule has 2 N–H and O–H groups in total. The lowest BCUT2D eigenvalue weighted by molar-refractivity contribution is -0.140. The molecule has 0 bridgehead atoms. The van der Waals surface area contributed by atoms with Crippen LogP contribution in [-0.2, 0) is 19.1 Å². The molecular formula is C28H29BrClNO6. The van der Waals surface area contributed by atoms with E-state index in [1.807, 2.05) is 31.2 Å². The highest BCUT2D eigenvalue weighted by molar-refractivity contribution is 9.10. The summed E-state index contributed by atoms with van der Waals surface area (Å²) in [5, 5.41) is 14.4. The molecule has 0 spiro atoms. The normalized spacial score (nSPS) is 19.4. The van der Waals surface area contributed by atoms with Gasteiger partial charge in [0.15, 0.2) is 17.3 Å². The van der Waals surface area contributed by atoms with Crippen molar-refractivity contribution < 1.29 is 28.9 Å². The van der Waals surface area contributed by atoms with Crippen LogP contribution in [0.5, 0.6) is 11.5 Å². The maximum atomic E-state index is 13.7. The van der Waals surface area contributed by atoms with Gasteiger partial charge in [0.1, 0.15) is 6.61 Å². The Kier molecular flexibility index (Phi) is 8.62. The fourth-order valence-corrected chi connectivity index (χ4v) is 5.53. The minimum atomic E-state index is -0.694. The van der Waals surface area contributed by atoms with Crippen molar-refractivity contribution in [2.75, 3.05) is 26.9 Å². The molecule has 2 unspecified atom stereocenters. The molecule has 4 rings (SSSR count). The van der Waals surface area contributed by atoms with Crippen molar-refractivity contribution in [1.29, 1.82) is 0 Å². The summed E-state index contributed by atoms with van der Waals surface area (Å²) in [6, 6.07) is 10.9. The number of allylic oxidation sites excluding steroid dienone is 3. The standard InChI is InChI=1S/C28H29BrClNO6/c1-4-36-9-10-37-28(34)24-15(2)31-21-12-17(16-5-7-19(30)8-6-16)13-22(32)26(21)25(24)18-11-20(29)27(33)23(14-18)35-3/h5-8,11,14,17,25,31,33H,4,9-10,12-13H2,1-3H3. The van der Waals surface area contributed by atoms with Crippen LogP contribution in [-0.4, -0.2) is 43.8 Å². The summed E-state index contributed by atoms with van der Waals surface area (Å²) in [4.78, 5) is 27.1. The van der Waals surface area contributed by atoms with Gasteiger partial charge in [-0.15, -0.1) is 0 Å². The van der Waals surface area contributed by atoms with Crippen LogP contribution in [0.25, 0.3) is 0 Å². The molecule has 2 aromatic rings. The zero-order chi connectivity index (χ0) is 26.7. The minimum absolute atomic E-state index is 0.0229. The van der Waals surface area contributed by atoms with E-state index < -0.39 is 11.9 Å². The molecule has 2 aliphatic rings. The first-order valence-electron chi connectivity index (χ1n) is 12.1. The maximum Gasteiger partial charge on any atom is 0.336 e. The molecule has 0 amide bonds. The monoisotopic (exact) mass is 589 g/mol. The molecular weight excluding hydrogens is 562 g/mol. The highest BCUT2D eigenvalue weighted by atomic mass is 79.9. The van der Waals surface area contributed by atoms with Gasteiger partial charge in [-0.25, -0.2) is 4.79 Å². The molecule has 0 aromatic heterocycles. The predicted molar refractivity (Wildman–Crippen MR) is 144 cm³/mol. The van der Waals surface area contributed by atoms with Gasteiger partial charge >= 0.3 is 5.97 Å². The first-order chi connectivity index (χ1) is 17.7. The molecule has 37 heavy (non-hydrogen) atoms. The average Bonchev–Trinajstić information content (AvgIpc) is 2.87. The number of benzene rings is 2. The molecule has 196 valence electrons. The van der Waals surface area contributed by atoms with E-state index in [9.17, 15) is 14.7 Å². The fraction of sp³-hybridized carbons (Fsp3) is 0.357. The van der Waals surface area contributed by atoms with E-state index in [0.717, 1.165) is 11.3 Å². The Morgan fingerprint density at radius 1 is 1.16 bits per heavy atom. The number of methoxy groups -OCH3 is 1. The van der Waals surface area contributed by atoms with Crippen molar-refractivity contribution in [3.8, 4) is 11.5 Å². The van der Waals surface area contributed by atoms with Gasteiger partial charge < -0.3 is 24.6 Å². The zero-order valence-corrected chi connectivity index (χ0v) is 23.2. The van der Waals surface area contributed by atoms with E-state index in [-0.39, 0.29) is 36.4 Å². The van der Waals surface area contributed by atoms with Crippen LogP contribution < -0.4 is 10.1 Å². The minimum Gasteiger partial charge on any atom is -0.503 e. The van der Waals surface area contributed by atoms with Gasteiger partial charge in [-0.05, 0) is 77.5 Å². The van der Waals surface area contributed by atoms with Gasteiger partial charge in [0.2, 0.25) is 0 Å². The molecule has 0 radical (unpaired) electrons. The molecule has 0 saturated heterocycles. The first-order valence-corrected chi connectivity index (χ1v) is 13.2. The number of rotatable bonds is 8. The smallest absolute Gasteiger partial charge is 0.336 e. The van der Waals surface area contributed by atoms with Crippen molar-refractivity contribution in [3.05, 3.63) is 79.6 Å². The number of phenols is 1. The predicted octanol–water partition coefficient (Wildman–Crippen LogP) is 5.76. The summed E-state index contributed by atoms with van der Waals surface area (Å²) in [7, 11) is 1.45. The quantitative estimate of drug-likeness (QED) is 0.298. The lowest BCUT2D eigenvalue weighted by atomic mass is 9.71. The number of ether oxygens (including phenoxy) is 3. The lowest BCUT2D eigenvalue weighted by Crippen LogP contribution is -2.36. The van der Waals surface area contributed by atoms with Gasteiger partial charge in [-0.2, -0.15) is 0 Å². The van der Waals surface area contributed by atoms with E-state index in [1.54, 1.807) is 19.1 Å². The number of carbonyl (C=O) groups is 2. The van der Waals surface area contributed by atoms with Gasteiger partial charge in [0.25, 0.3) is 0 Å². The van der Waals surface area contributed by atoms with Gasteiger partial charge in [0.05, 0.1) is 23.8 Å². The number of Topliss-reactive ketones (excluding diaryl/α,β-unsaturated/α-hetero) is 1. The summed E-state index contributed by atoms with van der Waals surface area (Å²) < 4.78 is 16.6. The Bertz CT molecular complexity index is 1270. The van der Waals surface area contributed by atoms with Crippen LogP contribution in [0.4, 0.5) is 0 Å². The molecule has 9 heteroatoms. The Morgan fingerprint density at radius 3 is 2.57 bits per heavy atom. The third-order valence-corrected chi connectivity index (χ3v) is 7.51. The summed E-state index contributed by atoms with van der Waals surface area (Å²) >= 11 is 9.44. The van der Waals surface area contributed by atoms with E-state index >= 15 is 0 Å². The van der Waals surface area contributed by atoms with Gasteiger partial charge in [0, 0.05) is 40.9 Å². The number of aromatic hydroxyl groups is 1. The number of nitrogens with one attached hydrogen (secondary N) is 1. The second-order valence-corrected chi connectivity index (χ2v) is 10.2. The van der Waals surface area contributed by atoms with E-state index in [0.29, 0.717) is 51.4 Å². The SMILES string of the molecule is CCOCCOC(=O)C1=C(C)NC2=C(C(=O)CC(c3ccc(Cl)cc3)C2)C1c1cc(Br)c(O)c(OC)c1. The average molecular weight is 591 g/mol. The third kappa shape index (κ3) is 5.71. The van der Waals surface area contributed by atoms with E-state index in [4.69, 9.17) is 25.8 Å². The summed E-state index contributed by atoms with van der Waals surface area (Å²) in [5.74, 6) is -1.14. The van der Waals surface area contributed by atoms with Crippen LogP contribution in [0.1, 0.15) is 49.7 Å². The number of esters is 1. The lowest BCUT2D eigenvalue weighted by Gasteiger charge is -2.37. The van der Waals surface area contributed by atoms with E-state index in [1.165, 1.54) is 7.11 Å².